The van der Waals surface area contributed by atoms with Crippen molar-refractivity contribution >= 4 is 0 Å². The maximum atomic E-state index is 5.45. The lowest BCUT2D eigenvalue weighted by Gasteiger charge is -2.00. The van der Waals surface area contributed by atoms with E-state index < -0.39 is 0 Å². The molecule has 1 N–H and O–H groups in total. The Kier molecular flexibility index (Phi) is 2.64. The number of nitrogens with zero attached hydrogens (tertiary/aromatic N) is 1. The normalized spacial score (nSPS) is 18.2. The summed E-state index contributed by atoms with van der Waals surface area (Å²) in [6.45, 7) is 0.802. The molecule has 1 aromatic rings. The van der Waals surface area contributed by atoms with Crippen molar-refractivity contribution in [3.8, 4) is 0 Å². The SMILES string of the molecule is CNCc1coc(C2CCCC2)n1. The molecule has 0 saturated heterocycles. The Morgan fingerprint density at radius 3 is 3.00 bits per heavy atom. The summed E-state index contributed by atoms with van der Waals surface area (Å²) in [6.07, 6.45) is 6.92. The molecule has 3 nitrogen and oxygen atoms in total. The van der Waals surface area contributed by atoms with Gasteiger partial charge in [-0.1, -0.05) is 12.8 Å². The van der Waals surface area contributed by atoms with Crippen LogP contribution in [0.5, 0.6) is 0 Å². The molecular formula is C10H16N2O. The Labute approximate surface area is 78.5 Å². The van der Waals surface area contributed by atoms with Crippen molar-refractivity contribution in [2.24, 2.45) is 0 Å². The molecule has 3 heteroatoms. The molecule has 0 bridgehead atoms. The highest BCUT2D eigenvalue weighted by Crippen LogP contribution is 2.33. The molecule has 13 heavy (non-hydrogen) atoms. The molecule has 1 aliphatic rings. The highest BCUT2D eigenvalue weighted by molar-refractivity contribution is 5.01. The molecule has 0 unspecified atom stereocenters. The third-order valence-corrected chi connectivity index (χ3v) is 2.63. The molecular weight excluding hydrogens is 164 g/mol. The van der Waals surface area contributed by atoms with Crippen LogP contribution in [0.15, 0.2) is 10.7 Å². The fraction of sp³-hybridized carbons (Fsp3) is 0.700. The van der Waals surface area contributed by atoms with E-state index in [-0.39, 0.29) is 0 Å². The summed E-state index contributed by atoms with van der Waals surface area (Å²) < 4.78 is 5.45. The minimum atomic E-state index is 0.589. The maximum Gasteiger partial charge on any atom is 0.197 e. The molecule has 0 aromatic carbocycles. The second kappa shape index (κ2) is 3.92. The van der Waals surface area contributed by atoms with Gasteiger partial charge in [-0.05, 0) is 19.9 Å². The van der Waals surface area contributed by atoms with Crippen LogP contribution in [0, 0.1) is 0 Å². The number of rotatable bonds is 3. The van der Waals surface area contributed by atoms with Gasteiger partial charge in [0.15, 0.2) is 5.89 Å². The third-order valence-electron chi connectivity index (χ3n) is 2.63. The van der Waals surface area contributed by atoms with E-state index >= 15 is 0 Å². The molecule has 0 amide bonds. The van der Waals surface area contributed by atoms with Crippen LogP contribution in [0.4, 0.5) is 0 Å². The Morgan fingerprint density at radius 2 is 2.31 bits per heavy atom. The Balaban J connectivity index is 2.03. The summed E-state index contributed by atoms with van der Waals surface area (Å²) in [5.41, 5.74) is 1.02. The van der Waals surface area contributed by atoms with Gasteiger partial charge in [0, 0.05) is 12.5 Å². The first-order valence-corrected chi connectivity index (χ1v) is 4.99. The van der Waals surface area contributed by atoms with Crippen LogP contribution in [0.2, 0.25) is 0 Å². The Morgan fingerprint density at radius 1 is 1.54 bits per heavy atom. The summed E-state index contributed by atoms with van der Waals surface area (Å²) in [5.74, 6) is 1.54. The highest BCUT2D eigenvalue weighted by Gasteiger charge is 2.21. The zero-order chi connectivity index (χ0) is 9.10. The lowest BCUT2D eigenvalue weighted by molar-refractivity contribution is 0.448. The van der Waals surface area contributed by atoms with E-state index in [1.165, 1.54) is 25.7 Å². The Bertz CT molecular complexity index is 264. The monoisotopic (exact) mass is 180 g/mol. The molecule has 0 radical (unpaired) electrons. The highest BCUT2D eigenvalue weighted by atomic mass is 16.3. The van der Waals surface area contributed by atoms with Gasteiger partial charge in [-0.3, -0.25) is 0 Å². The van der Waals surface area contributed by atoms with Gasteiger partial charge in [0.25, 0.3) is 0 Å². The summed E-state index contributed by atoms with van der Waals surface area (Å²) in [4.78, 5) is 4.45. The van der Waals surface area contributed by atoms with E-state index in [1.54, 1.807) is 6.26 Å². The van der Waals surface area contributed by atoms with Crippen LogP contribution in [0.3, 0.4) is 0 Å². The van der Waals surface area contributed by atoms with Crippen molar-refractivity contribution in [2.45, 2.75) is 38.1 Å². The number of oxazole rings is 1. The molecule has 0 atom stereocenters. The molecule has 72 valence electrons. The van der Waals surface area contributed by atoms with Gasteiger partial charge < -0.3 is 9.73 Å². The van der Waals surface area contributed by atoms with E-state index in [0.29, 0.717) is 5.92 Å². The fourth-order valence-corrected chi connectivity index (χ4v) is 1.95. The second-order valence-electron chi connectivity index (χ2n) is 3.69. The standard InChI is InChI=1S/C10H16N2O/c1-11-6-9-7-13-10(12-9)8-4-2-3-5-8/h7-8,11H,2-6H2,1H3. The van der Waals surface area contributed by atoms with Crippen LogP contribution in [-0.2, 0) is 6.54 Å². The molecule has 1 aromatic heterocycles. The van der Waals surface area contributed by atoms with Crippen LogP contribution >= 0.6 is 0 Å². The lowest BCUT2D eigenvalue weighted by Crippen LogP contribution is -2.05. The van der Waals surface area contributed by atoms with Crippen LogP contribution in [-0.4, -0.2) is 12.0 Å². The molecule has 1 heterocycles. The zero-order valence-corrected chi connectivity index (χ0v) is 8.05. The summed E-state index contributed by atoms with van der Waals surface area (Å²) >= 11 is 0. The first-order chi connectivity index (χ1) is 6.40. The smallest absolute Gasteiger partial charge is 0.197 e. The van der Waals surface area contributed by atoms with Gasteiger partial charge in [-0.25, -0.2) is 4.98 Å². The van der Waals surface area contributed by atoms with Crippen LogP contribution in [0.25, 0.3) is 0 Å². The van der Waals surface area contributed by atoms with Crippen LogP contribution < -0.4 is 5.32 Å². The van der Waals surface area contributed by atoms with Gasteiger partial charge in [-0.15, -0.1) is 0 Å². The largest absolute Gasteiger partial charge is 0.448 e. The Hall–Kier alpha value is -0.830. The van der Waals surface area contributed by atoms with Crippen molar-refractivity contribution in [1.82, 2.24) is 10.3 Å². The summed E-state index contributed by atoms with van der Waals surface area (Å²) in [5, 5.41) is 3.07. The quantitative estimate of drug-likeness (QED) is 0.773. The van der Waals surface area contributed by atoms with Crippen molar-refractivity contribution in [2.75, 3.05) is 7.05 Å². The average Bonchev–Trinajstić information content (AvgIpc) is 2.70. The summed E-state index contributed by atoms with van der Waals surface area (Å²) in [7, 11) is 1.92. The minimum absolute atomic E-state index is 0.589. The first kappa shape index (κ1) is 8.75. The average molecular weight is 180 g/mol. The molecule has 1 aliphatic carbocycles. The van der Waals surface area contributed by atoms with Gasteiger partial charge in [0.05, 0.1) is 5.69 Å². The van der Waals surface area contributed by atoms with Crippen molar-refractivity contribution in [3.05, 3.63) is 17.8 Å². The first-order valence-electron chi connectivity index (χ1n) is 4.99. The topological polar surface area (TPSA) is 38.1 Å². The third kappa shape index (κ3) is 1.91. The summed E-state index contributed by atoms with van der Waals surface area (Å²) in [6, 6.07) is 0. The van der Waals surface area contributed by atoms with Crippen molar-refractivity contribution in [3.63, 3.8) is 0 Å². The van der Waals surface area contributed by atoms with E-state index in [2.05, 4.69) is 10.3 Å². The van der Waals surface area contributed by atoms with E-state index in [9.17, 15) is 0 Å². The van der Waals surface area contributed by atoms with Crippen molar-refractivity contribution in [1.29, 1.82) is 0 Å². The number of aromatic nitrogens is 1. The van der Waals surface area contributed by atoms with Gasteiger partial charge in [-0.2, -0.15) is 0 Å². The van der Waals surface area contributed by atoms with E-state index in [1.807, 2.05) is 7.05 Å². The molecule has 0 spiro atoms. The fourth-order valence-electron chi connectivity index (χ4n) is 1.95. The van der Waals surface area contributed by atoms with E-state index in [4.69, 9.17) is 4.42 Å². The molecule has 1 saturated carbocycles. The predicted octanol–water partition coefficient (Wildman–Crippen LogP) is 2.05. The number of hydrogen-bond donors (Lipinski definition) is 1. The van der Waals surface area contributed by atoms with Gasteiger partial charge >= 0.3 is 0 Å². The number of nitrogens with one attached hydrogen (secondary N) is 1. The zero-order valence-electron chi connectivity index (χ0n) is 8.05. The van der Waals surface area contributed by atoms with E-state index in [0.717, 1.165) is 18.1 Å². The van der Waals surface area contributed by atoms with Gasteiger partial charge in [0.1, 0.15) is 6.26 Å². The van der Waals surface area contributed by atoms with Crippen molar-refractivity contribution < 1.29 is 4.42 Å². The lowest BCUT2D eigenvalue weighted by atomic mass is 10.1. The molecule has 0 aliphatic heterocycles. The molecule has 1 fully saturated rings. The second-order valence-corrected chi connectivity index (χ2v) is 3.69. The van der Waals surface area contributed by atoms with Crippen LogP contribution in [0.1, 0.15) is 43.2 Å². The van der Waals surface area contributed by atoms with Gasteiger partial charge in [0.2, 0.25) is 0 Å². The molecule has 2 rings (SSSR count). The predicted molar refractivity (Wildman–Crippen MR) is 50.5 cm³/mol. The minimum Gasteiger partial charge on any atom is -0.448 e. The maximum absolute atomic E-state index is 5.45. The number of hydrogen-bond acceptors (Lipinski definition) is 3.